The molecule has 1 heterocycles. The molecule has 13 heteroatoms. The minimum atomic E-state index is -4.54. The third-order valence-corrected chi connectivity index (χ3v) is 5.46. The van der Waals surface area contributed by atoms with E-state index in [1.54, 1.807) is 29.6 Å². The van der Waals surface area contributed by atoms with Crippen LogP contribution in [0.4, 0.5) is 30.4 Å². The molecule has 0 saturated heterocycles. The highest BCUT2D eigenvalue weighted by atomic mass is 35.5. The van der Waals surface area contributed by atoms with Gasteiger partial charge in [0.15, 0.2) is 6.10 Å². The van der Waals surface area contributed by atoms with Crippen molar-refractivity contribution in [2.75, 3.05) is 24.4 Å². The number of aryl methyl sites for hydroxylation is 1. The van der Waals surface area contributed by atoms with Crippen LogP contribution in [-0.4, -0.2) is 51.4 Å². The molecule has 0 aliphatic carbocycles. The van der Waals surface area contributed by atoms with Crippen LogP contribution < -0.4 is 15.4 Å². The number of hydrogen-bond donors (Lipinski definition) is 2. The van der Waals surface area contributed by atoms with Gasteiger partial charge in [-0.15, -0.1) is 0 Å². The number of ether oxygens (including phenoxy) is 1. The van der Waals surface area contributed by atoms with Gasteiger partial charge in [-0.2, -0.15) is 17.5 Å². The SMILES string of the molecule is Cc1cc(N=S(C)(C)=O)cc2ncnc(Nc3ccc(Cl)cc3O[C@H](C)C(=O)NCC(F)(F)F)c12. The average Bonchev–Trinajstić information content (AvgIpc) is 2.72. The number of nitrogens with zero attached hydrogens (tertiary/aromatic N) is 3. The maximum Gasteiger partial charge on any atom is 0.405 e. The largest absolute Gasteiger partial charge is 0.479 e. The smallest absolute Gasteiger partial charge is 0.405 e. The maximum absolute atomic E-state index is 12.4. The summed E-state index contributed by atoms with van der Waals surface area (Å²) in [7, 11) is -2.37. The minimum Gasteiger partial charge on any atom is -0.479 e. The van der Waals surface area contributed by atoms with Crippen LogP contribution in [0.3, 0.4) is 0 Å². The van der Waals surface area contributed by atoms with Crippen molar-refractivity contribution >= 4 is 55.3 Å². The number of nitrogens with one attached hydrogen (secondary N) is 2. The van der Waals surface area contributed by atoms with Gasteiger partial charge in [-0.25, -0.2) is 14.2 Å². The van der Waals surface area contributed by atoms with Gasteiger partial charge in [0, 0.05) is 38.7 Å². The lowest BCUT2D eigenvalue weighted by molar-refractivity contribution is -0.142. The molecular weight excluding hydrogens is 507 g/mol. The number of anilines is 2. The van der Waals surface area contributed by atoms with Crippen molar-refractivity contribution < 1.29 is 26.9 Å². The van der Waals surface area contributed by atoms with E-state index in [2.05, 4.69) is 19.6 Å². The van der Waals surface area contributed by atoms with Gasteiger partial charge >= 0.3 is 6.18 Å². The zero-order valence-electron chi connectivity index (χ0n) is 19.2. The zero-order chi connectivity index (χ0) is 26.0. The number of amides is 1. The van der Waals surface area contributed by atoms with Crippen LogP contribution in [0, 0.1) is 6.92 Å². The van der Waals surface area contributed by atoms with Gasteiger partial charge in [0.25, 0.3) is 5.91 Å². The number of aromatic nitrogens is 2. The van der Waals surface area contributed by atoms with Crippen molar-refractivity contribution in [3.05, 3.63) is 47.2 Å². The quantitative estimate of drug-likeness (QED) is 0.439. The lowest BCUT2D eigenvalue weighted by Crippen LogP contribution is -2.41. The topological polar surface area (TPSA) is 106 Å². The molecule has 0 spiro atoms. The van der Waals surface area contributed by atoms with Gasteiger partial charge in [0.1, 0.15) is 24.4 Å². The lowest BCUT2D eigenvalue weighted by Gasteiger charge is -2.19. The Morgan fingerprint density at radius 2 is 1.94 bits per heavy atom. The minimum absolute atomic E-state index is 0.139. The van der Waals surface area contributed by atoms with Gasteiger partial charge in [-0.1, -0.05) is 11.6 Å². The van der Waals surface area contributed by atoms with Gasteiger partial charge < -0.3 is 15.4 Å². The van der Waals surface area contributed by atoms with E-state index in [0.717, 1.165) is 5.56 Å². The number of alkyl halides is 3. The van der Waals surface area contributed by atoms with E-state index in [1.165, 1.54) is 31.8 Å². The molecule has 1 atom stereocenters. The number of halogens is 4. The summed E-state index contributed by atoms with van der Waals surface area (Å²) in [6, 6.07) is 8.06. The summed E-state index contributed by atoms with van der Waals surface area (Å²) in [5, 5.41) is 5.87. The number of hydrogen-bond acceptors (Lipinski definition) is 7. The molecule has 8 nitrogen and oxygen atoms in total. The van der Waals surface area contributed by atoms with Crippen LogP contribution in [0.2, 0.25) is 5.02 Å². The molecule has 2 N–H and O–H groups in total. The fraction of sp³-hybridized carbons (Fsp3) is 0.318. The van der Waals surface area contributed by atoms with Crippen molar-refractivity contribution in [3.63, 3.8) is 0 Å². The fourth-order valence-electron chi connectivity index (χ4n) is 3.17. The van der Waals surface area contributed by atoms with Crippen LogP contribution in [0.15, 0.2) is 41.0 Å². The monoisotopic (exact) mass is 529 g/mol. The number of fused-ring (bicyclic) bond motifs is 1. The predicted molar refractivity (Wildman–Crippen MR) is 130 cm³/mol. The molecule has 0 aliphatic heterocycles. The highest BCUT2D eigenvalue weighted by molar-refractivity contribution is 7.92. The van der Waals surface area contributed by atoms with Crippen LogP contribution in [0.1, 0.15) is 12.5 Å². The summed E-state index contributed by atoms with van der Waals surface area (Å²) >= 11 is 6.08. The third-order valence-electron chi connectivity index (χ3n) is 4.58. The van der Waals surface area contributed by atoms with E-state index in [0.29, 0.717) is 33.1 Å². The van der Waals surface area contributed by atoms with Crippen molar-refractivity contribution in [1.82, 2.24) is 15.3 Å². The van der Waals surface area contributed by atoms with Crippen LogP contribution in [0.5, 0.6) is 5.75 Å². The van der Waals surface area contributed by atoms with E-state index >= 15 is 0 Å². The van der Waals surface area contributed by atoms with Gasteiger partial charge in [-0.05, 0) is 43.7 Å². The normalized spacial score (nSPS) is 12.8. The Kier molecular flexibility index (Phi) is 7.75. The van der Waals surface area contributed by atoms with E-state index in [9.17, 15) is 22.2 Å². The van der Waals surface area contributed by atoms with Gasteiger partial charge in [0.05, 0.1) is 16.9 Å². The predicted octanol–water partition coefficient (Wildman–Crippen LogP) is 5.14. The number of rotatable bonds is 7. The average molecular weight is 530 g/mol. The molecule has 2 aromatic carbocycles. The third kappa shape index (κ3) is 7.43. The van der Waals surface area contributed by atoms with E-state index in [4.69, 9.17) is 16.3 Å². The molecule has 3 rings (SSSR count). The molecule has 3 aromatic rings. The summed E-state index contributed by atoms with van der Waals surface area (Å²) < 4.78 is 59.2. The number of benzene rings is 2. The van der Waals surface area contributed by atoms with Crippen molar-refractivity contribution in [2.24, 2.45) is 4.36 Å². The molecule has 188 valence electrons. The van der Waals surface area contributed by atoms with Crippen LogP contribution in [-0.2, 0) is 14.5 Å². The molecule has 0 unspecified atom stereocenters. The Morgan fingerprint density at radius 1 is 1.23 bits per heavy atom. The Bertz CT molecular complexity index is 1380. The first-order valence-corrected chi connectivity index (χ1v) is 12.9. The van der Waals surface area contributed by atoms with E-state index in [-0.39, 0.29) is 5.75 Å². The summed E-state index contributed by atoms with van der Waals surface area (Å²) in [4.78, 5) is 20.6. The molecule has 0 fully saturated rings. The first-order valence-electron chi connectivity index (χ1n) is 10.2. The second-order valence-corrected chi connectivity index (χ2v) is 11.0. The Hall–Kier alpha value is -3.12. The fourth-order valence-corrected chi connectivity index (χ4v) is 3.95. The molecule has 0 bridgehead atoms. The van der Waals surface area contributed by atoms with Gasteiger partial charge in [-0.3, -0.25) is 4.79 Å². The summed E-state index contributed by atoms with van der Waals surface area (Å²) in [6.45, 7) is 1.69. The molecular formula is C22H23ClF3N5O3S. The molecule has 0 radical (unpaired) electrons. The van der Waals surface area contributed by atoms with Crippen molar-refractivity contribution in [2.45, 2.75) is 26.1 Å². The first-order chi connectivity index (χ1) is 16.2. The number of carbonyl (C=O) groups is 1. The molecule has 0 aliphatic rings. The highest BCUT2D eigenvalue weighted by Crippen LogP contribution is 2.35. The highest BCUT2D eigenvalue weighted by Gasteiger charge is 2.29. The standard InChI is InChI=1S/C22H23ClF3N5O3S/c1-12-7-15(31-35(3,4)33)9-17-19(12)20(29-11-28-17)30-16-6-5-14(23)8-18(16)34-13(2)21(32)27-10-22(24,25)26/h5-9,11,13H,10H2,1-4H3,(H,27,32)(H,28,29,30)/t13-/m1/s1. The Balaban J connectivity index is 1.93. The molecule has 0 saturated carbocycles. The molecule has 35 heavy (non-hydrogen) atoms. The second kappa shape index (κ2) is 10.2. The molecule has 1 aromatic heterocycles. The van der Waals surface area contributed by atoms with Crippen LogP contribution in [0.25, 0.3) is 10.9 Å². The summed E-state index contributed by atoms with van der Waals surface area (Å²) in [6.07, 6.45) is -1.37. The van der Waals surface area contributed by atoms with E-state index in [1.807, 2.05) is 6.92 Å². The van der Waals surface area contributed by atoms with Crippen molar-refractivity contribution in [3.8, 4) is 5.75 Å². The Morgan fingerprint density at radius 3 is 2.60 bits per heavy atom. The van der Waals surface area contributed by atoms with Gasteiger partial charge in [0.2, 0.25) is 0 Å². The molecule has 1 amide bonds. The van der Waals surface area contributed by atoms with Crippen LogP contribution >= 0.6 is 11.6 Å². The summed E-state index contributed by atoms with van der Waals surface area (Å²) in [5.41, 5.74) is 2.22. The number of carbonyl (C=O) groups excluding carboxylic acids is 1. The first kappa shape index (κ1) is 26.5. The zero-order valence-corrected chi connectivity index (χ0v) is 20.8. The maximum atomic E-state index is 12.4. The van der Waals surface area contributed by atoms with E-state index < -0.39 is 34.5 Å². The van der Waals surface area contributed by atoms with Crippen molar-refractivity contribution in [1.29, 1.82) is 0 Å². The Labute approximate surface area is 205 Å². The summed E-state index contributed by atoms with van der Waals surface area (Å²) in [5.74, 6) is -0.384. The lowest BCUT2D eigenvalue weighted by atomic mass is 10.1. The second-order valence-electron chi connectivity index (χ2n) is 8.01.